The van der Waals surface area contributed by atoms with Gasteiger partial charge in [0.25, 0.3) is 0 Å². The number of hydrogen-bond acceptors (Lipinski definition) is 8. The summed E-state index contributed by atoms with van der Waals surface area (Å²) >= 11 is 0. The van der Waals surface area contributed by atoms with Gasteiger partial charge in [-0.05, 0) is 31.5 Å². The number of nitrogens with two attached hydrogens (primary N) is 1. The number of imidazole rings is 1. The molecule has 29 heavy (non-hydrogen) atoms. The Hall–Kier alpha value is -3.75. The molecule has 0 atom stereocenters. The first kappa shape index (κ1) is 18.6. The summed E-state index contributed by atoms with van der Waals surface area (Å²) in [4.78, 5) is 21.8. The minimum Gasteiger partial charge on any atom is -0.496 e. The van der Waals surface area contributed by atoms with Crippen molar-refractivity contribution in [2.45, 2.75) is 26.9 Å². The summed E-state index contributed by atoms with van der Waals surface area (Å²) in [5.41, 5.74) is 11.2. The van der Waals surface area contributed by atoms with Crippen LogP contribution in [0.3, 0.4) is 0 Å². The van der Waals surface area contributed by atoms with Gasteiger partial charge in [0, 0.05) is 36.3 Å². The predicted molar refractivity (Wildman–Crippen MR) is 111 cm³/mol. The smallest absolute Gasteiger partial charge is 0.224 e. The van der Waals surface area contributed by atoms with Crippen molar-refractivity contribution in [2.75, 3.05) is 18.2 Å². The molecule has 4 heterocycles. The Bertz CT molecular complexity index is 1160. The highest BCUT2D eigenvalue weighted by atomic mass is 16.5. The van der Waals surface area contributed by atoms with Crippen LogP contribution in [0.2, 0.25) is 0 Å². The Morgan fingerprint density at radius 1 is 1.14 bits per heavy atom. The average Bonchev–Trinajstić information content (AvgIpc) is 3.12. The molecule has 9 heteroatoms. The van der Waals surface area contributed by atoms with Gasteiger partial charge < -0.3 is 20.4 Å². The van der Waals surface area contributed by atoms with Gasteiger partial charge in [0.2, 0.25) is 5.95 Å². The summed E-state index contributed by atoms with van der Waals surface area (Å²) in [5.74, 6) is 1.62. The molecule has 3 N–H and O–H groups in total. The number of ether oxygens (including phenoxy) is 1. The van der Waals surface area contributed by atoms with Gasteiger partial charge in [0.15, 0.2) is 17.0 Å². The van der Waals surface area contributed by atoms with E-state index in [9.17, 15) is 0 Å². The van der Waals surface area contributed by atoms with Crippen LogP contribution in [-0.4, -0.2) is 36.6 Å². The number of hydrogen-bond donors (Lipinski definition) is 2. The molecular weight excluding hydrogens is 368 g/mol. The second kappa shape index (κ2) is 7.70. The van der Waals surface area contributed by atoms with E-state index in [2.05, 4.69) is 30.2 Å². The van der Waals surface area contributed by atoms with E-state index in [0.717, 1.165) is 28.1 Å². The van der Waals surface area contributed by atoms with Gasteiger partial charge in [-0.1, -0.05) is 0 Å². The summed E-state index contributed by atoms with van der Waals surface area (Å²) < 4.78 is 7.42. The second-order valence-corrected chi connectivity index (χ2v) is 6.73. The normalized spacial score (nSPS) is 11.0. The molecule has 0 spiro atoms. The third kappa shape index (κ3) is 3.66. The molecule has 0 bridgehead atoms. The standard InChI is InChI=1S/C20H22N8O/c1-12-8-23-15(13(2)17(12)29-3)10-28-11-25-16-18(26-20(21)27-19(16)28)24-9-14-4-6-22-7-5-14/h4-8,11H,9-10H2,1-3H3,(H3,21,24,26,27). The van der Waals surface area contributed by atoms with E-state index in [1.54, 1.807) is 25.8 Å². The maximum Gasteiger partial charge on any atom is 0.224 e. The number of rotatable bonds is 6. The Labute approximate surface area is 168 Å². The molecule has 0 aliphatic rings. The number of anilines is 2. The minimum absolute atomic E-state index is 0.183. The number of nitrogen functional groups attached to an aromatic ring is 1. The molecule has 4 aromatic rings. The van der Waals surface area contributed by atoms with Gasteiger partial charge in [0.05, 0.1) is 25.7 Å². The van der Waals surface area contributed by atoms with Gasteiger partial charge >= 0.3 is 0 Å². The van der Waals surface area contributed by atoms with Crippen molar-refractivity contribution >= 4 is 22.9 Å². The first-order chi connectivity index (χ1) is 14.1. The molecule has 4 aromatic heterocycles. The highest BCUT2D eigenvalue weighted by molar-refractivity contribution is 5.84. The fourth-order valence-electron chi connectivity index (χ4n) is 3.28. The summed E-state index contributed by atoms with van der Waals surface area (Å²) in [6.45, 7) is 5.05. The predicted octanol–water partition coefficient (Wildman–Crippen LogP) is 2.48. The molecule has 9 nitrogen and oxygen atoms in total. The van der Waals surface area contributed by atoms with Crippen LogP contribution >= 0.6 is 0 Å². The summed E-state index contributed by atoms with van der Waals surface area (Å²) in [6, 6.07) is 3.87. The third-order valence-corrected chi connectivity index (χ3v) is 4.76. The number of nitrogens with zero attached hydrogens (tertiary/aromatic N) is 6. The summed E-state index contributed by atoms with van der Waals surface area (Å²) in [6.07, 6.45) is 7.04. The molecule has 0 amide bonds. The zero-order valence-corrected chi connectivity index (χ0v) is 16.5. The minimum atomic E-state index is 0.183. The first-order valence-corrected chi connectivity index (χ1v) is 9.17. The lowest BCUT2D eigenvalue weighted by atomic mass is 10.1. The maximum atomic E-state index is 5.96. The highest BCUT2D eigenvalue weighted by Gasteiger charge is 2.15. The lowest BCUT2D eigenvalue weighted by Crippen LogP contribution is -2.08. The Morgan fingerprint density at radius 3 is 2.69 bits per heavy atom. The van der Waals surface area contributed by atoms with Crippen LogP contribution in [0.4, 0.5) is 11.8 Å². The molecule has 0 saturated heterocycles. The topological polar surface area (TPSA) is 117 Å². The number of methoxy groups -OCH3 is 1. The number of pyridine rings is 2. The van der Waals surface area contributed by atoms with Gasteiger partial charge in [0.1, 0.15) is 5.75 Å². The fourth-order valence-corrected chi connectivity index (χ4v) is 3.28. The quantitative estimate of drug-likeness (QED) is 0.516. The van der Waals surface area contributed by atoms with Crippen molar-refractivity contribution < 1.29 is 4.74 Å². The fraction of sp³-hybridized carbons (Fsp3) is 0.250. The third-order valence-electron chi connectivity index (χ3n) is 4.76. The molecule has 0 aliphatic heterocycles. The number of fused-ring (bicyclic) bond motifs is 1. The van der Waals surface area contributed by atoms with Gasteiger partial charge in [-0.3, -0.25) is 9.97 Å². The van der Waals surface area contributed by atoms with E-state index < -0.39 is 0 Å². The van der Waals surface area contributed by atoms with E-state index in [0.29, 0.717) is 30.1 Å². The Balaban J connectivity index is 1.66. The first-order valence-electron chi connectivity index (χ1n) is 9.17. The van der Waals surface area contributed by atoms with Crippen LogP contribution in [0.5, 0.6) is 5.75 Å². The molecule has 0 unspecified atom stereocenters. The van der Waals surface area contributed by atoms with Crippen molar-refractivity contribution in [3.05, 3.63) is 59.4 Å². The molecule has 4 rings (SSSR count). The maximum absolute atomic E-state index is 5.96. The number of aryl methyl sites for hydroxylation is 1. The van der Waals surface area contributed by atoms with E-state index in [-0.39, 0.29) is 5.95 Å². The summed E-state index contributed by atoms with van der Waals surface area (Å²) in [7, 11) is 1.67. The largest absolute Gasteiger partial charge is 0.496 e. The van der Waals surface area contributed by atoms with Crippen molar-refractivity contribution in [1.82, 2.24) is 29.5 Å². The van der Waals surface area contributed by atoms with Crippen molar-refractivity contribution in [3.8, 4) is 5.75 Å². The van der Waals surface area contributed by atoms with Crippen molar-refractivity contribution in [2.24, 2.45) is 0 Å². The van der Waals surface area contributed by atoms with Crippen LogP contribution in [-0.2, 0) is 13.1 Å². The average molecular weight is 390 g/mol. The van der Waals surface area contributed by atoms with Crippen LogP contribution in [0.25, 0.3) is 11.2 Å². The van der Waals surface area contributed by atoms with Gasteiger partial charge in [-0.25, -0.2) is 4.98 Å². The Kier molecular flexibility index (Phi) is 4.94. The second-order valence-electron chi connectivity index (χ2n) is 6.73. The molecule has 0 saturated carbocycles. The Morgan fingerprint density at radius 2 is 1.93 bits per heavy atom. The van der Waals surface area contributed by atoms with E-state index >= 15 is 0 Å². The van der Waals surface area contributed by atoms with Gasteiger partial charge in [-0.2, -0.15) is 9.97 Å². The molecule has 148 valence electrons. The van der Waals surface area contributed by atoms with E-state index in [4.69, 9.17) is 10.5 Å². The zero-order chi connectivity index (χ0) is 20.4. The molecular formula is C20H22N8O. The van der Waals surface area contributed by atoms with Crippen LogP contribution < -0.4 is 15.8 Å². The van der Waals surface area contributed by atoms with Crippen molar-refractivity contribution in [1.29, 1.82) is 0 Å². The van der Waals surface area contributed by atoms with Crippen LogP contribution in [0.1, 0.15) is 22.4 Å². The SMILES string of the molecule is COc1c(C)cnc(Cn2cnc3c(NCc4ccncc4)nc(N)nc32)c1C. The van der Waals surface area contributed by atoms with E-state index in [1.807, 2.05) is 36.7 Å². The number of aromatic nitrogens is 6. The zero-order valence-electron chi connectivity index (χ0n) is 16.5. The lowest BCUT2D eigenvalue weighted by Gasteiger charge is -2.13. The summed E-state index contributed by atoms with van der Waals surface area (Å²) in [5, 5.41) is 3.29. The lowest BCUT2D eigenvalue weighted by molar-refractivity contribution is 0.406. The van der Waals surface area contributed by atoms with Crippen molar-refractivity contribution in [3.63, 3.8) is 0 Å². The molecule has 0 radical (unpaired) electrons. The van der Waals surface area contributed by atoms with E-state index in [1.165, 1.54) is 0 Å². The number of nitrogens with one attached hydrogen (secondary N) is 1. The molecule has 0 aromatic carbocycles. The molecule has 0 aliphatic carbocycles. The van der Waals surface area contributed by atoms with Crippen LogP contribution in [0.15, 0.2) is 37.1 Å². The monoisotopic (exact) mass is 390 g/mol. The van der Waals surface area contributed by atoms with Gasteiger partial charge in [-0.15, -0.1) is 0 Å². The molecule has 0 fully saturated rings. The van der Waals surface area contributed by atoms with Crippen LogP contribution in [0, 0.1) is 13.8 Å². The highest BCUT2D eigenvalue weighted by Crippen LogP contribution is 2.26.